The Morgan fingerprint density at radius 2 is 1.94 bits per heavy atom. The Hall–Kier alpha value is -2.39. The fourth-order valence-electron chi connectivity index (χ4n) is 5.34. The van der Waals surface area contributed by atoms with Gasteiger partial charge in [0.1, 0.15) is 5.76 Å². The lowest BCUT2D eigenvalue weighted by Crippen LogP contribution is -2.39. The van der Waals surface area contributed by atoms with E-state index in [4.69, 9.17) is 23.7 Å². The number of nitrogens with zero attached hydrogens (tertiary/aromatic N) is 1. The number of halogens is 1. The maximum absolute atomic E-state index is 6.38. The highest BCUT2D eigenvalue weighted by atomic mass is 127. The molecule has 3 aliphatic rings. The van der Waals surface area contributed by atoms with Gasteiger partial charge in [-0.2, -0.15) is 0 Å². The quantitative estimate of drug-likeness (QED) is 0.152. The van der Waals surface area contributed by atoms with Gasteiger partial charge in [-0.1, -0.05) is 34.7 Å². The van der Waals surface area contributed by atoms with Gasteiger partial charge in [0.05, 0.1) is 20.3 Å². The third kappa shape index (κ3) is 5.05. The van der Waals surface area contributed by atoms with Gasteiger partial charge in [-0.05, 0) is 79.3 Å². The van der Waals surface area contributed by atoms with Gasteiger partial charge in [-0.15, -0.1) is 0 Å². The van der Waals surface area contributed by atoms with Crippen LogP contribution in [0.2, 0.25) is 0 Å². The van der Waals surface area contributed by atoms with Crippen molar-refractivity contribution in [3.05, 3.63) is 70.5 Å². The van der Waals surface area contributed by atoms with E-state index in [1.165, 1.54) is 27.8 Å². The molecule has 0 bridgehead atoms. The number of allylic oxidation sites excluding steroid dienone is 1. The van der Waals surface area contributed by atoms with Gasteiger partial charge in [0.25, 0.3) is 0 Å². The summed E-state index contributed by atoms with van der Waals surface area (Å²) in [6.07, 6.45) is 3.97. The molecule has 0 aliphatic carbocycles. The molecule has 0 spiro atoms. The van der Waals surface area contributed by atoms with Gasteiger partial charge in [0, 0.05) is 29.5 Å². The second kappa shape index (κ2) is 10.9. The van der Waals surface area contributed by atoms with Crippen molar-refractivity contribution in [3.63, 3.8) is 0 Å². The van der Waals surface area contributed by atoms with Gasteiger partial charge >= 0.3 is 0 Å². The summed E-state index contributed by atoms with van der Waals surface area (Å²) < 4.78 is 29.9. The zero-order chi connectivity index (χ0) is 25.2. The molecule has 1 unspecified atom stereocenters. The van der Waals surface area contributed by atoms with E-state index < -0.39 is 0 Å². The minimum Gasteiger partial charge on any atom is -0.495 e. The molecule has 0 aromatic heterocycles. The average molecular weight is 603 g/mol. The van der Waals surface area contributed by atoms with Crippen LogP contribution in [0, 0.1) is 5.92 Å². The Balaban J connectivity index is 1.36. The van der Waals surface area contributed by atoms with Crippen LogP contribution in [0.3, 0.4) is 0 Å². The third-order valence-corrected chi connectivity index (χ3v) is 8.43. The van der Waals surface area contributed by atoms with E-state index in [0.29, 0.717) is 31.8 Å². The first-order chi connectivity index (χ1) is 17.5. The number of benzene rings is 2. The molecule has 3 heterocycles. The topological polar surface area (TPSA) is 49.4 Å². The van der Waals surface area contributed by atoms with Crippen LogP contribution in [0.25, 0.3) is 0 Å². The van der Waals surface area contributed by atoms with Crippen molar-refractivity contribution in [1.82, 2.24) is 4.90 Å². The molecule has 2 atom stereocenters. The summed E-state index contributed by atoms with van der Waals surface area (Å²) in [6.45, 7) is 11.5. The number of methoxy groups -OCH3 is 1. The molecule has 36 heavy (non-hydrogen) atoms. The van der Waals surface area contributed by atoms with Gasteiger partial charge in [0.2, 0.25) is 6.79 Å². The predicted molar refractivity (Wildman–Crippen MR) is 149 cm³/mol. The maximum atomic E-state index is 6.38. The monoisotopic (exact) mass is 603 g/mol. The van der Waals surface area contributed by atoms with E-state index in [-0.39, 0.29) is 5.92 Å². The van der Waals surface area contributed by atoms with E-state index >= 15 is 0 Å². The van der Waals surface area contributed by atoms with Crippen molar-refractivity contribution in [1.29, 1.82) is 0 Å². The summed E-state index contributed by atoms with van der Waals surface area (Å²) in [6, 6.07) is 9.04. The minimum atomic E-state index is 0.258. The van der Waals surface area contributed by atoms with E-state index in [2.05, 4.69) is 65.3 Å². The van der Waals surface area contributed by atoms with Crippen LogP contribution in [-0.2, 0) is 24.1 Å². The summed E-state index contributed by atoms with van der Waals surface area (Å²) in [5.41, 5.74) is 6.56. The van der Waals surface area contributed by atoms with Crippen molar-refractivity contribution in [2.45, 2.75) is 39.3 Å². The first-order valence-electron chi connectivity index (χ1n) is 12.6. The number of alkyl halides is 1. The Morgan fingerprint density at radius 1 is 1.17 bits per heavy atom. The fraction of sp³-hybridized carbons (Fsp3) is 0.448. The van der Waals surface area contributed by atoms with Gasteiger partial charge in [-0.3, -0.25) is 4.90 Å². The third-order valence-electron chi connectivity index (χ3n) is 7.36. The van der Waals surface area contributed by atoms with Gasteiger partial charge in [-0.25, -0.2) is 0 Å². The summed E-state index contributed by atoms with van der Waals surface area (Å²) in [4.78, 5) is 2.57. The van der Waals surface area contributed by atoms with Crippen LogP contribution in [0.15, 0.2) is 48.3 Å². The lowest BCUT2D eigenvalue weighted by molar-refractivity contribution is 0.159. The van der Waals surface area contributed by atoms with Crippen LogP contribution in [0.1, 0.15) is 42.1 Å². The zero-order valence-corrected chi connectivity index (χ0v) is 23.4. The standard InChI is InChI=1S/C29H34INO5/c1-5-33-19(3)8-18(2)23(14-30)16-34-27-11-21-9-25-24-13-29-28(35-17-36-29)10-20(24)6-7-31(25)15-22(21)12-26(27)32-4/h8,10-13,23,25H,3,5-7,9,14-17H2,1-2,4H3/b18-8+/t23?,25-/m0/s1. The Labute approximate surface area is 227 Å². The normalized spacial score (nSPS) is 19.1. The first kappa shape index (κ1) is 25.3. The number of ether oxygens (including phenoxy) is 5. The molecule has 192 valence electrons. The fourth-order valence-corrected chi connectivity index (χ4v) is 6.29. The molecule has 6 nitrogen and oxygen atoms in total. The molecule has 0 saturated carbocycles. The van der Waals surface area contributed by atoms with Gasteiger partial charge in [0.15, 0.2) is 23.0 Å². The molecular formula is C29H34INO5. The smallest absolute Gasteiger partial charge is 0.231 e. The molecule has 5 rings (SSSR count). The largest absolute Gasteiger partial charge is 0.495 e. The lowest BCUT2D eigenvalue weighted by atomic mass is 9.83. The second-order valence-corrected chi connectivity index (χ2v) is 10.4. The summed E-state index contributed by atoms with van der Waals surface area (Å²) in [5, 5.41) is 0. The SMILES string of the molecule is C=C(/C=C(\C)C(CI)COc1cc2c(cc1OC)CN1CCc3cc4c(cc3[C@@H]1C2)OCO4)OCC. The first-order valence-corrected chi connectivity index (χ1v) is 14.1. The van der Waals surface area contributed by atoms with Crippen LogP contribution in [-0.4, -0.2) is 43.0 Å². The van der Waals surface area contributed by atoms with Crippen molar-refractivity contribution in [3.8, 4) is 23.0 Å². The van der Waals surface area contributed by atoms with Crippen LogP contribution < -0.4 is 18.9 Å². The van der Waals surface area contributed by atoms with Crippen LogP contribution >= 0.6 is 22.6 Å². The van der Waals surface area contributed by atoms with Crippen molar-refractivity contribution >= 4 is 22.6 Å². The summed E-state index contributed by atoms with van der Waals surface area (Å²) in [7, 11) is 1.72. The Morgan fingerprint density at radius 3 is 2.69 bits per heavy atom. The molecule has 0 saturated heterocycles. The minimum absolute atomic E-state index is 0.258. The molecule has 7 heteroatoms. The van der Waals surface area contributed by atoms with Crippen LogP contribution in [0.4, 0.5) is 0 Å². The van der Waals surface area contributed by atoms with Crippen LogP contribution in [0.5, 0.6) is 23.0 Å². The molecule has 0 fully saturated rings. The van der Waals surface area contributed by atoms with Gasteiger partial charge < -0.3 is 23.7 Å². The van der Waals surface area contributed by atoms with E-state index in [0.717, 1.165) is 53.4 Å². The Bertz CT molecular complexity index is 1180. The molecule has 3 aliphatic heterocycles. The number of hydrogen-bond acceptors (Lipinski definition) is 6. The molecule has 0 amide bonds. The average Bonchev–Trinajstić information content (AvgIpc) is 3.33. The summed E-state index contributed by atoms with van der Waals surface area (Å²) in [5.74, 6) is 4.28. The highest BCUT2D eigenvalue weighted by Crippen LogP contribution is 2.45. The molecule has 2 aromatic rings. The Kier molecular flexibility index (Phi) is 7.67. The highest BCUT2D eigenvalue weighted by molar-refractivity contribution is 14.1. The predicted octanol–water partition coefficient (Wildman–Crippen LogP) is 6.01. The molecular weight excluding hydrogens is 569 g/mol. The second-order valence-electron chi connectivity index (χ2n) is 9.57. The number of fused-ring (bicyclic) bond motifs is 5. The zero-order valence-electron chi connectivity index (χ0n) is 21.3. The lowest BCUT2D eigenvalue weighted by Gasteiger charge is -2.41. The molecule has 0 radical (unpaired) electrons. The molecule has 0 N–H and O–H groups in total. The van der Waals surface area contributed by atoms with Crippen molar-refractivity contribution < 1.29 is 23.7 Å². The van der Waals surface area contributed by atoms with E-state index in [9.17, 15) is 0 Å². The number of hydrogen-bond donors (Lipinski definition) is 0. The maximum Gasteiger partial charge on any atom is 0.231 e. The van der Waals surface area contributed by atoms with E-state index in [1.807, 2.05) is 13.0 Å². The highest BCUT2D eigenvalue weighted by Gasteiger charge is 2.34. The van der Waals surface area contributed by atoms with Crippen molar-refractivity contribution in [2.24, 2.45) is 5.92 Å². The van der Waals surface area contributed by atoms with Crippen molar-refractivity contribution in [2.75, 3.05) is 38.1 Å². The molecule has 2 aromatic carbocycles. The number of rotatable bonds is 9. The summed E-state index contributed by atoms with van der Waals surface area (Å²) >= 11 is 2.41. The van der Waals surface area contributed by atoms with E-state index in [1.54, 1.807) is 7.11 Å².